The summed E-state index contributed by atoms with van der Waals surface area (Å²) in [5, 5.41) is 1.59. The van der Waals surface area contributed by atoms with Gasteiger partial charge in [-0.25, -0.2) is 13.4 Å². The number of benzene rings is 2. The third-order valence-corrected chi connectivity index (χ3v) is 8.11. The van der Waals surface area contributed by atoms with Crippen LogP contribution in [0.5, 0.6) is 0 Å². The number of aromatic nitrogens is 2. The first kappa shape index (κ1) is 20.5. The molecule has 2 aromatic carbocycles. The summed E-state index contributed by atoms with van der Waals surface area (Å²) < 4.78 is 27.5. The summed E-state index contributed by atoms with van der Waals surface area (Å²) in [7, 11) is -3.54. The van der Waals surface area contributed by atoms with Crippen molar-refractivity contribution in [3.05, 3.63) is 53.6 Å². The molecule has 0 amide bonds. The zero-order chi connectivity index (χ0) is 21.4. The van der Waals surface area contributed by atoms with Crippen LogP contribution in [-0.2, 0) is 10.0 Å². The fourth-order valence-corrected chi connectivity index (χ4v) is 5.79. The summed E-state index contributed by atoms with van der Waals surface area (Å²) in [5.74, 6) is 1.65. The Morgan fingerprint density at radius 2 is 1.45 bits per heavy atom. The summed E-state index contributed by atoms with van der Waals surface area (Å²) in [5.41, 5.74) is 0.922. The van der Waals surface area contributed by atoms with Gasteiger partial charge in [-0.05, 0) is 49.2 Å². The van der Waals surface area contributed by atoms with E-state index < -0.39 is 10.0 Å². The lowest BCUT2D eigenvalue weighted by Gasteiger charge is -2.34. The minimum Gasteiger partial charge on any atom is -0.356 e. The second-order valence-electron chi connectivity index (χ2n) is 7.90. The molecule has 2 fully saturated rings. The Balaban J connectivity index is 1.38. The van der Waals surface area contributed by atoms with E-state index in [0.29, 0.717) is 37.1 Å². The fraction of sp³-hybridized carbons (Fsp3) is 0.364. The molecule has 9 heteroatoms. The molecule has 3 aromatic rings. The molecule has 31 heavy (non-hydrogen) atoms. The second-order valence-corrected chi connectivity index (χ2v) is 10.3. The van der Waals surface area contributed by atoms with Gasteiger partial charge in [0.2, 0.25) is 16.0 Å². The van der Waals surface area contributed by atoms with Gasteiger partial charge >= 0.3 is 0 Å². The van der Waals surface area contributed by atoms with E-state index in [1.54, 1.807) is 24.3 Å². The van der Waals surface area contributed by atoms with Crippen LogP contribution >= 0.6 is 11.6 Å². The molecule has 2 aliphatic rings. The Hall–Kier alpha value is -2.42. The summed E-state index contributed by atoms with van der Waals surface area (Å²) >= 11 is 5.90. The van der Waals surface area contributed by atoms with Crippen LogP contribution in [0.4, 0.5) is 11.8 Å². The summed E-state index contributed by atoms with van der Waals surface area (Å²) in [6, 6.07) is 14.4. The Bertz CT molecular complexity index is 1190. The van der Waals surface area contributed by atoms with Gasteiger partial charge in [-0.1, -0.05) is 23.7 Å². The van der Waals surface area contributed by atoms with Crippen molar-refractivity contribution in [2.75, 3.05) is 49.1 Å². The Morgan fingerprint density at radius 3 is 2.16 bits per heavy atom. The molecule has 0 saturated carbocycles. The molecule has 7 nitrogen and oxygen atoms in total. The number of piperazine rings is 1. The zero-order valence-electron chi connectivity index (χ0n) is 17.1. The van der Waals surface area contributed by atoms with Crippen molar-refractivity contribution >= 4 is 44.3 Å². The van der Waals surface area contributed by atoms with Gasteiger partial charge in [-0.3, -0.25) is 0 Å². The highest BCUT2D eigenvalue weighted by Crippen LogP contribution is 2.29. The topological polar surface area (TPSA) is 69.6 Å². The third kappa shape index (κ3) is 3.95. The van der Waals surface area contributed by atoms with Crippen molar-refractivity contribution in [1.82, 2.24) is 14.3 Å². The highest BCUT2D eigenvalue weighted by Gasteiger charge is 2.30. The van der Waals surface area contributed by atoms with Crippen molar-refractivity contribution in [1.29, 1.82) is 0 Å². The van der Waals surface area contributed by atoms with Crippen LogP contribution in [0.2, 0.25) is 5.02 Å². The molecule has 5 rings (SSSR count). The van der Waals surface area contributed by atoms with Crippen LogP contribution in [0.15, 0.2) is 53.4 Å². The van der Waals surface area contributed by atoms with Crippen LogP contribution in [0.3, 0.4) is 0 Å². The minimum absolute atomic E-state index is 0.267. The summed E-state index contributed by atoms with van der Waals surface area (Å²) in [6.45, 7) is 3.89. The standard InChI is InChI=1S/C22H24ClN5O2S/c23-17-7-9-18(10-8-17)31(29,30)28-15-13-27(14-16-28)22-24-20-6-2-1-5-19(20)21(25-22)26-11-3-4-12-26/h1-2,5-10H,3-4,11-16H2. The van der Waals surface area contributed by atoms with Crippen molar-refractivity contribution in [3.8, 4) is 0 Å². The summed E-state index contributed by atoms with van der Waals surface area (Å²) in [4.78, 5) is 14.4. The maximum Gasteiger partial charge on any atom is 0.243 e. The number of halogens is 1. The van der Waals surface area contributed by atoms with Crippen molar-refractivity contribution < 1.29 is 8.42 Å². The Kier molecular flexibility index (Phi) is 5.45. The zero-order valence-corrected chi connectivity index (χ0v) is 18.7. The molecule has 2 saturated heterocycles. The molecular weight excluding hydrogens is 434 g/mol. The van der Waals surface area contributed by atoms with Crippen molar-refractivity contribution in [3.63, 3.8) is 0 Å². The van der Waals surface area contributed by atoms with Gasteiger partial charge in [0.1, 0.15) is 5.82 Å². The van der Waals surface area contributed by atoms with E-state index in [-0.39, 0.29) is 4.90 Å². The van der Waals surface area contributed by atoms with Crippen molar-refractivity contribution in [2.45, 2.75) is 17.7 Å². The van der Waals surface area contributed by atoms with Gasteiger partial charge in [0.05, 0.1) is 10.4 Å². The number of para-hydroxylation sites is 1. The average molecular weight is 458 g/mol. The second kappa shape index (κ2) is 8.26. The van der Waals surface area contributed by atoms with Crippen LogP contribution < -0.4 is 9.80 Å². The van der Waals surface area contributed by atoms with Gasteiger partial charge in [0.25, 0.3) is 0 Å². The number of fused-ring (bicyclic) bond motifs is 1. The van der Waals surface area contributed by atoms with Gasteiger partial charge < -0.3 is 9.80 Å². The molecule has 0 bridgehead atoms. The van der Waals surface area contributed by atoms with E-state index >= 15 is 0 Å². The minimum atomic E-state index is -3.54. The number of sulfonamides is 1. The molecule has 0 unspecified atom stereocenters. The van der Waals surface area contributed by atoms with Crippen LogP contribution in [0.25, 0.3) is 10.9 Å². The lowest BCUT2D eigenvalue weighted by Crippen LogP contribution is -2.49. The maximum absolute atomic E-state index is 13.0. The molecule has 0 radical (unpaired) electrons. The molecule has 0 aliphatic carbocycles. The van der Waals surface area contributed by atoms with E-state index in [1.807, 2.05) is 18.2 Å². The first-order valence-electron chi connectivity index (χ1n) is 10.5. The number of hydrogen-bond acceptors (Lipinski definition) is 6. The smallest absolute Gasteiger partial charge is 0.243 e. The first-order valence-corrected chi connectivity index (χ1v) is 12.4. The van der Waals surface area contributed by atoms with E-state index in [4.69, 9.17) is 21.6 Å². The number of hydrogen-bond donors (Lipinski definition) is 0. The van der Waals surface area contributed by atoms with Crippen LogP contribution in [0, 0.1) is 0 Å². The molecule has 2 aliphatic heterocycles. The lowest BCUT2D eigenvalue weighted by atomic mass is 10.2. The quantitative estimate of drug-likeness (QED) is 0.598. The van der Waals surface area contributed by atoms with E-state index in [9.17, 15) is 8.42 Å². The number of rotatable bonds is 4. The monoisotopic (exact) mass is 457 g/mol. The van der Waals surface area contributed by atoms with Crippen molar-refractivity contribution in [2.24, 2.45) is 0 Å². The summed E-state index contributed by atoms with van der Waals surface area (Å²) in [6.07, 6.45) is 2.35. The lowest BCUT2D eigenvalue weighted by molar-refractivity contribution is 0.382. The highest BCUT2D eigenvalue weighted by atomic mass is 35.5. The molecule has 3 heterocycles. The third-order valence-electron chi connectivity index (χ3n) is 5.95. The first-order chi connectivity index (χ1) is 15.0. The Morgan fingerprint density at radius 1 is 0.774 bits per heavy atom. The molecule has 162 valence electrons. The van der Waals surface area contributed by atoms with Gasteiger partial charge in [-0.2, -0.15) is 9.29 Å². The average Bonchev–Trinajstić information content (AvgIpc) is 3.33. The molecule has 0 spiro atoms. The van der Waals surface area contributed by atoms with Crippen LogP contribution in [0.1, 0.15) is 12.8 Å². The maximum atomic E-state index is 13.0. The SMILES string of the molecule is O=S(=O)(c1ccc(Cl)cc1)N1CCN(c2nc(N3CCCC3)c3ccccc3n2)CC1. The highest BCUT2D eigenvalue weighted by molar-refractivity contribution is 7.89. The van der Waals surface area contributed by atoms with Gasteiger partial charge in [0, 0.05) is 49.7 Å². The number of nitrogens with zero attached hydrogens (tertiary/aromatic N) is 5. The normalized spacial score (nSPS) is 18.1. The van der Waals surface area contributed by atoms with Gasteiger partial charge in [-0.15, -0.1) is 0 Å². The largest absolute Gasteiger partial charge is 0.356 e. The van der Waals surface area contributed by atoms with Crippen LogP contribution in [-0.4, -0.2) is 62.0 Å². The molecule has 0 N–H and O–H groups in total. The van der Waals surface area contributed by atoms with E-state index in [1.165, 1.54) is 17.1 Å². The molecule has 1 aromatic heterocycles. The van der Waals surface area contributed by atoms with Gasteiger partial charge in [0.15, 0.2) is 0 Å². The predicted molar refractivity (Wildman–Crippen MR) is 123 cm³/mol. The molecule has 0 atom stereocenters. The molecular formula is C22H24ClN5O2S. The Labute approximate surface area is 187 Å². The van der Waals surface area contributed by atoms with E-state index in [2.05, 4.69) is 15.9 Å². The van der Waals surface area contributed by atoms with E-state index in [0.717, 1.165) is 29.8 Å². The fourth-order valence-electron chi connectivity index (χ4n) is 4.24. The predicted octanol–water partition coefficient (Wildman–Crippen LogP) is 3.39. The number of anilines is 2.